The third-order valence-electron chi connectivity index (χ3n) is 4.92. The van der Waals surface area contributed by atoms with Crippen LogP contribution in [0.3, 0.4) is 0 Å². The zero-order chi connectivity index (χ0) is 21.7. The highest BCUT2D eigenvalue weighted by Crippen LogP contribution is 2.18. The van der Waals surface area contributed by atoms with Crippen LogP contribution >= 0.6 is 24.0 Å². The molecule has 2 N–H and O–H groups in total. The fourth-order valence-electron chi connectivity index (χ4n) is 3.33. The van der Waals surface area contributed by atoms with Gasteiger partial charge in [-0.15, -0.1) is 24.0 Å². The maximum Gasteiger partial charge on any atom is 0.242 e. The van der Waals surface area contributed by atoms with Gasteiger partial charge in [-0.2, -0.15) is 5.10 Å². The van der Waals surface area contributed by atoms with Gasteiger partial charge in [0.05, 0.1) is 11.4 Å². The van der Waals surface area contributed by atoms with Crippen molar-refractivity contribution in [3.63, 3.8) is 0 Å². The zero-order valence-electron chi connectivity index (χ0n) is 18.2. The first-order valence-corrected chi connectivity index (χ1v) is 11.2. The lowest BCUT2D eigenvalue weighted by Crippen LogP contribution is -2.47. The van der Waals surface area contributed by atoms with Crippen molar-refractivity contribution in [2.75, 3.05) is 28.3 Å². The summed E-state index contributed by atoms with van der Waals surface area (Å²) in [6, 6.07) is 7.11. The molecule has 0 spiro atoms. The summed E-state index contributed by atoms with van der Waals surface area (Å²) in [5.41, 5.74) is 0.681. The lowest BCUT2D eigenvalue weighted by Gasteiger charge is -2.25. The number of benzene rings is 1. The quantitative estimate of drug-likeness (QED) is 0.293. The Morgan fingerprint density at radius 3 is 2.77 bits per heavy atom. The minimum atomic E-state index is -3.52. The van der Waals surface area contributed by atoms with Crippen molar-refractivity contribution in [3.8, 4) is 0 Å². The number of hydrogen-bond acceptors (Lipinski definition) is 6. The number of guanidine groups is 1. The van der Waals surface area contributed by atoms with Gasteiger partial charge in [-0.1, -0.05) is 18.2 Å². The number of nitrogens with one attached hydrogen (secondary N) is 2. The summed E-state index contributed by atoms with van der Waals surface area (Å²) in [7, 11) is 2.85. The number of hydrogen-bond donors (Lipinski definition) is 2. The van der Waals surface area contributed by atoms with Gasteiger partial charge in [0.15, 0.2) is 11.8 Å². The fraction of sp³-hybridized carbons (Fsp3) is 0.526. The van der Waals surface area contributed by atoms with Gasteiger partial charge < -0.3 is 15.4 Å². The minimum Gasteiger partial charge on any atom is -0.377 e. The van der Waals surface area contributed by atoms with Crippen LogP contribution in [0.25, 0.3) is 0 Å². The highest BCUT2D eigenvalue weighted by atomic mass is 127. The van der Waals surface area contributed by atoms with Crippen LogP contribution in [0.5, 0.6) is 0 Å². The molecule has 0 fully saturated rings. The van der Waals surface area contributed by atoms with Crippen molar-refractivity contribution in [2.45, 2.75) is 43.5 Å². The van der Waals surface area contributed by atoms with E-state index in [1.807, 2.05) is 10.7 Å². The number of ether oxygens (including phenoxy) is 1. The summed E-state index contributed by atoms with van der Waals surface area (Å²) in [6.45, 7) is 1.41. The van der Waals surface area contributed by atoms with E-state index in [-0.39, 0.29) is 34.9 Å². The molecule has 0 aliphatic carbocycles. The molecule has 0 saturated heterocycles. The summed E-state index contributed by atoms with van der Waals surface area (Å²) in [5, 5.41) is 11.1. The maximum atomic E-state index is 12.6. The van der Waals surface area contributed by atoms with Crippen LogP contribution < -0.4 is 10.6 Å². The standard InChI is InChI=1S/C19H29N7O3S.HI/c1-20-19(21-11-14-7-5-6-8-16(14)30(27,28)25(2)3)22-15-9-10-18-23-17(13-29-4)24-26(18)12-15;/h5-8,15H,9-13H2,1-4H3,(H2,20,21,22);1H. The Morgan fingerprint density at radius 2 is 2.10 bits per heavy atom. The van der Waals surface area contributed by atoms with Gasteiger partial charge in [0, 0.05) is 47.3 Å². The molecule has 0 radical (unpaired) electrons. The van der Waals surface area contributed by atoms with Crippen molar-refractivity contribution in [1.82, 2.24) is 29.7 Å². The van der Waals surface area contributed by atoms with Crippen LogP contribution in [0, 0.1) is 0 Å². The zero-order valence-corrected chi connectivity index (χ0v) is 21.3. The predicted molar refractivity (Wildman–Crippen MR) is 129 cm³/mol. The number of sulfonamides is 1. The molecule has 0 bridgehead atoms. The molecule has 1 atom stereocenters. The monoisotopic (exact) mass is 563 g/mol. The smallest absolute Gasteiger partial charge is 0.242 e. The van der Waals surface area contributed by atoms with E-state index in [2.05, 4.69) is 25.7 Å². The number of aryl methyl sites for hydroxylation is 1. The van der Waals surface area contributed by atoms with E-state index < -0.39 is 10.0 Å². The molecule has 10 nitrogen and oxygen atoms in total. The van der Waals surface area contributed by atoms with E-state index >= 15 is 0 Å². The molecule has 12 heteroatoms. The highest BCUT2D eigenvalue weighted by molar-refractivity contribution is 14.0. The normalized spacial score (nSPS) is 16.5. The van der Waals surface area contributed by atoms with Crippen molar-refractivity contribution in [2.24, 2.45) is 4.99 Å². The van der Waals surface area contributed by atoms with Crippen molar-refractivity contribution in [1.29, 1.82) is 0 Å². The Morgan fingerprint density at radius 1 is 1.35 bits per heavy atom. The predicted octanol–water partition coefficient (Wildman–Crippen LogP) is 0.973. The number of fused-ring (bicyclic) bond motifs is 1. The molecule has 31 heavy (non-hydrogen) atoms. The molecule has 1 aliphatic heterocycles. The summed E-state index contributed by atoms with van der Waals surface area (Å²) >= 11 is 0. The van der Waals surface area contributed by atoms with Gasteiger partial charge in [-0.3, -0.25) is 4.99 Å². The second kappa shape index (κ2) is 11.2. The molecular formula is C19H30IN7O3S. The van der Waals surface area contributed by atoms with Gasteiger partial charge in [0.2, 0.25) is 10.0 Å². The molecule has 3 rings (SSSR count). The molecule has 172 valence electrons. The Hall–Kier alpha value is -1.77. The van der Waals surface area contributed by atoms with E-state index in [4.69, 9.17) is 4.74 Å². The molecule has 1 aliphatic rings. The molecule has 0 amide bonds. The lowest BCUT2D eigenvalue weighted by molar-refractivity contribution is 0.177. The average Bonchev–Trinajstić information content (AvgIpc) is 3.13. The van der Waals surface area contributed by atoms with Gasteiger partial charge in [0.1, 0.15) is 12.4 Å². The lowest BCUT2D eigenvalue weighted by atomic mass is 10.1. The van der Waals surface area contributed by atoms with Crippen LogP contribution in [-0.4, -0.2) is 67.7 Å². The third-order valence-corrected chi connectivity index (χ3v) is 6.83. The largest absolute Gasteiger partial charge is 0.377 e. The molecule has 2 aromatic rings. The number of rotatable bonds is 7. The molecule has 1 aromatic heterocycles. The molecule has 1 aromatic carbocycles. The van der Waals surface area contributed by atoms with Crippen LogP contribution in [0.4, 0.5) is 0 Å². The van der Waals surface area contributed by atoms with Gasteiger partial charge in [-0.25, -0.2) is 22.4 Å². The van der Waals surface area contributed by atoms with Crippen molar-refractivity contribution >= 4 is 40.0 Å². The minimum absolute atomic E-state index is 0. The first-order chi connectivity index (χ1) is 14.3. The Balaban J connectivity index is 0.00000341. The van der Waals surface area contributed by atoms with E-state index in [0.717, 1.165) is 18.7 Å². The topological polar surface area (TPSA) is 114 Å². The van der Waals surface area contributed by atoms with Gasteiger partial charge >= 0.3 is 0 Å². The molecular weight excluding hydrogens is 533 g/mol. The van der Waals surface area contributed by atoms with Crippen LogP contribution in [0.15, 0.2) is 34.2 Å². The summed E-state index contributed by atoms with van der Waals surface area (Å²) < 4.78 is 33.4. The number of methoxy groups -OCH3 is 1. The van der Waals surface area contributed by atoms with E-state index in [0.29, 0.717) is 37.0 Å². The van der Waals surface area contributed by atoms with Crippen molar-refractivity contribution in [3.05, 3.63) is 41.5 Å². The summed E-state index contributed by atoms with van der Waals surface area (Å²) in [4.78, 5) is 9.06. The SMILES string of the molecule is CN=C(NCc1ccccc1S(=O)(=O)N(C)C)NC1CCc2nc(COC)nn2C1.I. The van der Waals surface area contributed by atoms with E-state index in [1.165, 1.54) is 18.4 Å². The second-order valence-electron chi connectivity index (χ2n) is 7.26. The number of aliphatic imine (C=N–C) groups is 1. The van der Waals surface area contributed by atoms with Crippen LogP contribution in [-0.2, 0) is 40.9 Å². The van der Waals surface area contributed by atoms with Crippen LogP contribution in [0.1, 0.15) is 23.6 Å². The summed E-state index contributed by atoms with van der Waals surface area (Å²) in [5.74, 6) is 2.26. The maximum absolute atomic E-state index is 12.6. The highest BCUT2D eigenvalue weighted by Gasteiger charge is 2.23. The molecule has 2 heterocycles. The fourth-order valence-corrected chi connectivity index (χ4v) is 4.45. The van der Waals surface area contributed by atoms with Crippen molar-refractivity contribution < 1.29 is 13.2 Å². The third kappa shape index (κ3) is 6.14. The molecule has 0 saturated carbocycles. The Bertz CT molecular complexity index is 1010. The van der Waals surface area contributed by atoms with Gasteiger partial charge in [-0.05, 0) is 18.1 Å². The average molecular weight is 563 g/mol. The first-order valence-electron chi connectivity index (χ1n) is 9.74. The van der Waals surface area contributed by atoms with E-state index in [1.54, 1.807) is 32.4 Å². The van der Waals surface area contributed by atoms with Gasteiger partial charge in [0.25, 0.3) is 0 Å². The first kappa shape index (κ1) is 25.5. The Kier molecular flexibility index (Phi) is 9.21. The summed E-state index contributed by atoms with van der Waals surface area (Å²) in [6.07, 6.45) is 1.71. The molecule has 1 unspecified atom stereocenters. The van der Waals surface area contributed by atoms with E-state index in [9.17, 15) is 8.42 Å². The second-order valence-corrected chi connectivity index (χ2v) is 9.38. The number of nitrogens with zero attached hydrogens (tertiary/aromatic N) is 5. The number of halogens is 1. The Labute approximate surface area is 200 Å². The number of aromatic nitrogens is 3. The van der Waals surface area contributed by atoms with Crippen LogP contribution in [0.2, 0.25) is 0 Å².